The lowest BCUT2D eigenvalue weighted by Crippen LogP contribution is -2.03. The van der Waals surface area contributed by atoms with Gasteiger partial charge in [0.15, 0.2) is 0 Å². The number of pyridine rings is 1. The summed E-state index contributed by atoms with van der Waals surface area (Å²) in [6, 6.07) is 9.52. The fraction of sp³-hybridized carbons (Fsp3) is 0.562. The van der Waals surface area contributed by atoms with Crippen molar-refractivity contribution in [2.45, 2.75) is 115 Å². The van der Waals surface area contributed by atoms with Crippen LogP contribution in [0.5, 0.6) is 5.75 Å². The molecular formula is C32H54FNO3. The zero-order chi connectivity index (χ0) is 29.4. The number of halogens is 1. The summed E-state index contributed by atoms with van der Waals surface area (Å²) in [5.74, 6) is 1.84. The summed E-state index contributed by atoms with van der Waals surface area (Å²) < 4.78 is 17.4. The lowest BCUT2D eigenvalue weighted by atomic mass is 10.1. The number of aryl methyl sites for hydroxylation is 3. The fourth-order valence-corrected chi connectivity index (χ4v) is 2.48. The molecule has 1 heterocycles. The van der Waals surface area contributed by atoms with Crippen LogP contribution in [0.4, 0.5) is 4.39 Å². The number of aliphatic hydroxyl groups excluding tert-OH is 1. The summed E-state index contributed by atoms with van der Waals surface area (Å²) in [5.41, 5.74) is 5.39. The molecule has 2 aromatic rings. The number of ether oxygens (including phenoxy) is 1. The maximum absolute atomic E-state index is 12.5. The number of carbonyl (C=O) groups excluding carboxylic acids is 1. The predicted octanol–water partition coefficient (Wildman–Crippen LogP) is 10.0. The number of allylic oxidation sites excluding steroid dienone is 1. The van der Waals surface area contributed by atoms with Gasteiger partial charge >= 0.3 is 0 Å². The third-order valence-electron chi connectivity index (χ3n) is 4.19. The molecule has 1 N–H and O–H groups in total. The summed E-state index contributed by atoms with van der Waals surface area (Å²) in [7, 11) is 0. The van der Waals surface area contributed by atoms with E-state index in [2.05, 4.69) is 32.7 Å². The number of alkyl halides is 1. The molecule has 1 saturated carbocycles. The van der Waals surface area contributed by atoms with Gasteiger partial charge < -0.3 is 14.6 Å². The van der Waals surface area contributed by atoms with E-state index in [9.17, 15) is 9.50 Å². The maximum atomic E-state index is 12.5. The molecule has 212 valence electrons. The van der Waals surface area contributed by atoms with Gasteiger partial charge in [0.05, 0.1) is 0 Å². The van der Waals surface area contributed by atoms with Gasteiger partial charge in [-0.05, 0) is 86.4 Å². The van der Waals surface area contributed by atoms with Crippen LogP contribution in [0.15, 0.2) is 42.1 Å². The minimum Gasteiger partial charge on any atom is -0.506 e. The number of aldehydes is 1. The van der Waals surface area contributed by atoms with Crippen LogP contribution >= 0.6 is 0 Å². The third-order valence-corrected chi connectivity index (χ3v) is 4.19. The van der Waals surface area contributed by atoms with Crippen molar-refractivity contribution >= 4 is 12.0 Å². The average molecular weight is 520 g/mol. The second kappa shape index (κ2) is 25.0. The van der Waals surface area contributed by atoms with Crippen molar-refractivity contribution in [2.75, 3.05) is 0 Å². The van der Waals surface area contributed by atoms with Crippen molar-refractivity contribution in [1.29, 1.82) is 0 Å². The van der Waals surface area contributed by atoms with E-state index >= 15 is 0 Å². The summed E-state index contributed by atoms with van der Waals surface area (Å²) >= 11 is 0. The quantitative estimate of drug-likeness (QED) is 0.315. The van der Waals surface area contributed by atoms with Crippen LogP contribution in [-0.2, 0) is 11.2 Å². The Balaban J connectivity index is -0.000000453. The van der Waals surface area contributed by atoms with Gasteiger partial charge in [-0.15, -0.1) is 0 Å². The van der Waals surface area contributed by atoms with Crippen molar-refractivity contribution in [2.24, 2.45) is 5.92 Å². The molecule has 0 aliphatic heterocycles. The Morgan fingerprint density at radius 1 is 1.05 bits per heavy atom. The molecule has 0 bridgehead atoms. The Bertz CT molecular complexity index is 852. The van der Waals surface area contributed by atoms with Gasteiger partial charge in [-0.3, -0.25) is 4.98 Å². The van der Waals surface area contributed by atoms with E-state index < -0.39 is 6.36 Å². The lowest BCUT2D eigenvalue weighted by Gasteiger charge is -2.07. The van der Waals surface area contributed by atoms with Gasteiger partial charge in [0.2, 0.25) is 6.36 Å². The number of aliphatic hydroxyl groups is 1. The lowest BCUT2D eigenvalue weighted by molar-refractivity contribution is -0.106. The Morgan fingerprint density at radius 2 is 1.57 bits per heavy atom. The molecule has 1 aromatic carbocycles. The van der Waals surface area contributed by atoms with Crippen molar-refractivity contribution < 1.29 is 19.0 Å². The highest BCUT2D eigenvalue weighted by atomic mass is 19.1. The first-order valence-electron chi connectivity index (χ1n) is 13.7. The van der Waals surface area contributed by atoms with Crippen LogP contribution in [-0.4, -0.2) is 22.7 Å². The summed E-state index contributed by atoms with van der Waals surface area (Å²) in [6.07, 6.45) is 5.48. The molecule has 0 amide bonds. The average Bonchev–Trinajstić information content (AvgIpc) is 3.69. The zero-order valence-corrected chi connectivity index (χ0v) is 25.6. The molecule has 1 unspecified atom stereocenters. The number of benzene rings is 1. The number of aromatic nitrogens is 1. The van der Waals surface area contributed by atoms with Gasteiger partial charge in [0, 0.05) is 13.1 Å². The van der Waals surface area contributed by atoms with Crippen LogP contribution in [0.3, 0.4) is 0 Å². The molecule has 37 heavy (non-hydrogen) atoms. The molecule has 1 fully saturated rings. The van der Waals surface area contributed by atoms with Crippen molar-refractivity contribution in [3.05, 3.63) is 64.5 Å². The molecule has 1 aliphatic rings. The molecular weight excluding hydrogens is 465 g/mol. The third kappa shape index (κ3) is 22.2. The summed E-state index contributed by atoms with van der Waals surface area (Å²) in [5, 5.41) is 9.69. The molecule has 5 heteroatoms. The number of rotatable bonds is 5. The van der Waals surface area contributed by atoms with Gasteiger partial charge in [-0.1, -0.05) is 73.9 Å². The van der Waals surface area contributed by atoms with Crippen LogP contribution in [0.2, 0.25) is 0 Å². The van der Waals surface area contributed by atoms with E-state index in [0.29, 0.717) is 11.5 Å². The molecule has 1 aromatic heterocycles. The molecule has 4 nitrogen and oxygen atoms in total. The van der Waals surface area contributed by atoms with Crippen LogP contribution < -0.4 is 4.74 Å². The monoisotopic (exact) mass is 519 g/mol. The molecule has 3 rings (SSSR count). The largest absolute Gasteiger partial charge is 0.506 e. The summed E-state index contributed by atoms with van der Waals surface area (Å²) in [4.78, 5) is 13.0. The highest BCUT2D eigenvalue weighted by Gasteiger charge is 2.19. The second-order valence-corrected chi connectivity index (χ2v) is 8.63. The molecule has 0 spiro atoms. The van der Waals surface area contributed by atoms with E-state index in [1.165, 1.54) is 25.0 Å². The highest BCUT2D eigenvalue weighted by molar-refractivity contribution is 5.62. The maximum Gasteiger partial charge on any atom is 0.235 e. The van der Waals surface area contributed by atoms with Gasteiger partial charge in [0.1, 0.15) is 23.5 Å². The Hall–Kier alpha value is -2.69. The smallest absolute Gasteiger partial charge is 0.235 e. The predicted molar refractivity (Wildman–Crippen MR) is 159 cm³/mol. The van der Waals surface area contributed by atoms with Crippen molar-refractivity contribution in [3.8, 4) is 5.75 Å². The molecule has 1 aliphatic carbocycles. The Kier molecular flexibility index (Phi) is 26.2. The Morgan fingerprint density at radius 3 is 1.97 bits per heavy atom. The number of hydrogen-bond acceptors (Lipinski definition) is 4. The van der Waals surface area contributed by atoms with E-state index in [-0.39, 0.29) is 0 Å². The first-order chi connectivity index (χ1) is 17.5. The molecule has 0 saturated heterocycles. The zero-order valence-electron chi connectivity index (χ0n) is 25.6. The van der Waals surface area contributed by atoms with E-state index in [1.807, 2.05) is 72.0 Å². The SMILES string of the molecule is CC.CC.CC(C)C.CC=O.CCCc1cccc(OC(C)F)c1.Cc1cnc(C(O)=C2CC2)cc1C. The minimum absolute atomic E-state index is 0.392. The van der Waals surface area contributed by atoms with Crippen LogP contribution in [0.25, 0.3) is 5.76 Å². The van der Waals surface area contributed by atoms with E-state index in [4.69, 9.17) is 9.53 Å². The van der Waals surface area contributed by atoms with Crippen molar-refractivity contribution in [1.82, 2.24) is 4.98 Å². The minimum atomic E-state index is -1.24. The van der Waals surface area contributed by atoms with E-state index in [1.54, 1.807) is 6.07 Å². The van der Waals surface area contributed by atoms with Crippen LogP contribution in [0.1, 0.15) is 111 Å². The van der Waals surface area contributed by atoms with Crippen LogP contribution in [0, 0.1) is 19.8 Å². The number of hydrogen-bond donors (Lipinski definition) is 1. The van der Waals surface area contributed by atoms with E-state index in [0.717, 1.165) is 54.7 Å². The summed E-state index contributed by atoms with van der Waals surface area (Å²) in [6.45, 7) is 23.5. The Labute approximate surface area is 227 Å². The fourth-order valence-electron chi connectivity index (χ4n) is 2.48. The number of carbonyl (C=O) groups is 1. The first kappa shape index (κ1) is 38.8. The van der Waals surface area contributed by atoms with Gasteiger partial charge in [0.25, 0.3) is 0 Å². The second-order valence-electron chi connectivity index (χ2n) is 8.63. The van der Waals surface area contributed by atoms with Gasteiger partial charge in [-0.2, -0.15) is 0 Å². The normalized spacial score (nSPS) is 11.1. The topological polar surface area (TPSA) is 59.4 Å². The highest BCUT2D eigenvalue weighted by Crippen LogP contribution is 2.34. The van der Waals surface area contributed by atoms with Crippen molar-refractivity contribution in [3.63, 3.8) is 0 Å². The standard InChI is InChI=1S/C11H15FO.C11H13NO.C4H10.C2H4O.2C2H6/c1-3-5-10-6-4-7-11(8-10)13-9(2)12;1-7-5-10(12-6-8(7)2)11(13)9-3-4-9;1-4(2)3;1-2-3;2*1-2/h4,6-9H,3,5H2,1-2H3;5-6,13H,3-4H2,1-2H3;4H,1-3H3;2H,1H3;2*1-2H3. The molecule has 0 radical (unpaired) electrons. The number of nitrogens with zero attached hydrogens (tertiary/aromatic N) is 1. The first-order valence-corrected chi connectivity index (χ1v) is 13.7. The van der Waals surface area contributed by atoms with Gasteiger partial charge in [-0.25, -0.2) is 4.39 Å². The molecule has 1 atom stereocenters.